The highest BCUT2D eigenvalue weighted by atomic mass is 32.2. The molecule has 0 aliphatic carbocycles. The summed E-state index contributed by atoms with van der Waals surface area (Å²) in [4.78, 5) is 15.6. The summed E-state index contributed by atoms with van der Waals surface area (Å²) in [7, 11) is -0.865. The van der Waals surface area contributed by atoms with Gasteiger partial charge in [0.25, 0.3) is 5.91 Å². The maximum atomic E-state index is 13.8. The Morgan fingerprint density at radius 3 is 2.05 bits per heavy atom. The largest absolute Gasteiger partial charge is 0.493 e. The number of ether oxygens (including phenoxy) is 2. The van der Waals surface area contributed by atoms with Crippen molar-refractivity contribution < 1.29 is 22.7 Å². The van der Waals surface area contributed by atoms with Gasteiger partial charge in [-0.3, -0.25) is 9.10 Å². The van der Waals surface area contributed by atoms with Crippen molar-refractivity contribution in [2.24, 2.45) is 0 Å². The maximum Gasteiger partial charge on any atom is 0.257 e. The molecule has 7 nitrogen and oxygen atoms in total. The topological polar surface area (TPSA) is 84.9 Å². The van der Waals surface area contributed by atoms with Crippen LogP contribution < -0.4 is 19.1 Å². The van der Waals surface area contributed by atoms with Crippen molar-refractivity contribution in [3.8, 4) is 11.5 Å². The summed E-state index contributed by atoms with van der Waals surface area (Å²) >= 11 is 1.52. The van der Waals surface area contributed by atoms with Gasteiger partial charge >= 0.3 is 0 Å². The number of benzene rings is 4. The van der Waals surface area contributed by atoms with Crippen LogP contribution in [0.2, 0.25) is 0 Å². The highest BCUT2D eigenvalue weighted by molar-refractivity contribution is 7.99. The molecule has 0 aliphatic rings. The molecule has 0 atom stereocenters. The van der Waals surface area contributed by atoms with Gasteiger partial charge in [-0.05, 0) is 35.9 Å². The third kappa shape index (κ3) is 6.48. The minimum Gasteiger partial charge on any atom is -0.493 e. The number of sulfonamides is 1. The number of nitrogens with one attached hydrogen (secondary N) is 1. The number of rotatable bonds is 10. The summed E-state index contributed by atoms with van der Waals surface area (Å²) < 4.78 is 38.1. The van der Waals surface area contributed by atoms with Crippen LogP contribution in [0.15, 0.2) is 107 Å². The molecule has 0 unspecified atom stereocenters. The van der Waals surface area contributed by atoms with Gasteiger partial charge in [0.05, 0.1) is 44.0 Å². The molecule has 4 aromatic carbocycles. The summed E-state index contributed by atoms with van der Waals surface area (Å²) in [6, 6.07) is 29.5. The van der Waals surface area contributed by atoms with Gasteiger partial charge in [-0.15, -0.1) is 0 Å². The fraction of sp³-hybridized carbons (Fsp3) is 0.138. The summed E-state index contributed by atoms with van der Waals surface area (Å²) in [6.07, 6.45) is 1.11. The predicted octanol–water partition coefficient (Wildman–Crippen LogP) is 6.07. The maximum absolute atomic E-state index is 13.8. The number of hydrogen-bond donors (Lipinski definition) is 1. The van der Waals surface area contributed by atoms with Gasteiger partial charge in [0, 0.05) is 15.9 Å². The number of nitrogens with zero attached hydrogens (tertiary/aromatic N) is 1. The van der Waals surface area contributed by atoms with Gasteiger partial charge in [-0.2, -0.15) is 0 Å². The lowest BCUT2D eigenvalue weighted by molar-refractivity contribution is 0.102. The summed E-state index contributed by atoms with van der Waals surface area (Å²) in [6.45, 7) is 0.0376. The first-order valence-corrected chi connectivity index (χ1v) is 14.4. The molecule has 0 aliphatic heterocycles. The monoisotopic (exact) mass is 548 g/mol. The van der Waals surface area contributed by atoms with E-state index in [1.165, 1.54) is 42.4 Å². The smallest absolute Gasteiger partial charge is 0.257 e. The molecular weight excluding hydrogens is 520 g/mol. The van der Waals surface area contributed by atoms with E-state index < -0.39 is 15.9 Å². The molecule has 0 saturated carbocycles. The Kier molecular flexibility index (Phi) is 8.60. The number of carbonyl (C=O) groups is 1. The van der Waals surface area contributed by atoms with Crippen LogP contribution in [0, 0.1) is 0 Å². The van der Waals surface area contributed by atoms with Gasteiger partial charge in [-0.1, -0.05) is 72.4 Å². The fourth-order valence-corrected chi connectivity index (χ4v) is 5.67. The first-order valence-electron chi connectivity index (χ1n) is 11.7. The molecule has 0 saturated heterocycles. The Morgan fingerprint density at radius 2 is 1.42 bits per heavy atom. The van der Waals surface area contributed by atoms with E-state index in [2.05, 4.69) is 5.32 Å². The molecule has 1 amide bonds. The number of amides is 1. The van der Waals surface area contributed by atoms with Crippen LogP contribution in [0.3, 0.4) is 0 Å². The molecule has 0 spiro atoms. The molecule has 0 radical (unpaired) electrons. The van der Waals surface area contributed by atoms with Crippen molar-refractivity contribution in [2.45, 2.75) is 16.3 Å². The molecule has 4 aromatic rings. The summed E-state index contributed by atoms with van der Waals surface area (Å²) in [5, 5.41) is 2.97. The van der Waals surface area contributed by atoms with Crippen molar-refractivity contribution >= 4 is 39.1 Å². The van der Waals surface area contributed by atoms with Gasteiger partial charge in [0.1, 0.15) is 0 Å². The number of hydrogen-bond acceptors (Lipinski definition) is 6. The number of methoxy groups -OCH3 is 2. The molecule has 0 fully saturated rings. The lowest BCUT2D eigenvalue weighted by Gasteiger charge is -2.26. The predicted molar refractivity (Wildman–Crippen MR) is 152 cm³/mol. The Morgan fingerprint density at radius 1 is 0.842 bits per heavy atom. The second-order valence-electron chi connectivity index (χ2n) is 8.34. The second-order valence-corrected chi connectivity index (χ2v) is 11.4. The minimum atomic E-state index is -3.79. The van der Waals surface area contributed by atoms with Crippen LogP contribution in [-0.4, -0.2) is 34.8 Å². The van der Waals surface area contributed by atoms with Crippen LogP contribution in [0.1, 0.15) is 15.9 Å². The average molecular weight is 549 g/mol. The lowest BCUT2D eigenvalue weighted by Crippen LogP contribution is -2.31. The van der Waals surface area contributed by atoms with Gasteiger partial charge < -0.3 is 14.8 Å². The van der Waals surface area contributed by atoms with Crippen molar-refractivity contribution in [3.05, 3.63) is 108 Å². The Balaban J connectivity index is 1.77. The first kappa shape index (κ1) is 27.1. The highest BCUT2D eigenvalue weighted by Crippen LogP contribution is 2.38. The fourth-order valence-electron chi connectivity index (χ4n) is 3.85. The van der Waals surface area contributed by atoms with E-state index in [1.807, 2.05) is 84.9 Å². The quantitative estimate of drug-likeness (QED) is 0.259. The van der Waals surface area contributed by atoms with Crippen molar-refractivity contribution in [2.75, 3.05) is 30.1 Å². The second kappa shape index (κ2) is 12.1. The van der Waals surface area contributed by atoms with E-state index in [-0.39, 0.29) is 17.8 Å². The number of carbonyl (C=O) groups excluding carboxylic acids is 1. The van der Waals surface area contributed by atoms with Crippen molar-refractivity contribution in [1.82, 2.24) is 0 Å². The van der Waals surface area contributed by atoms with Crippen LogP contribution in [-0.2, 0) is 16.6 Å². The van der Waals surface area contributed by atoms with E-state index in [0.29, 0.717) is 17.2 Å². The zero-order valence-corrected chi connectivity index (χ0v) is 22.9. The SMILES string of the molecule is COc1cc(C(=O)Nc2ccccc2Sc2ccccc2)c(N(Cc2ccccc2)S(C)(=O)=O)cc1OC. The molecule has 38 heavy (non-hydrogen) atoms. The molecule has 196 valence electrons. The molecule has 0 bridgehead atoms. The third-order valence-corrected chi connectivity index (χ3v) is 7.90. The summed E-state index contributed by atoms with van der Waals surface area (Å²) in [5.41, 5.74) is 1.67. The van der Waals surface area contributed by atoms with E-state index in [9.17, 15) is 13.2 Å². The van der Waals surface area contributed by atoms with Crippen LogP contribution >= 0.6 is 11.8 Å². The van der Waals surface area contributed by atoms with Gasteiger partial charge in [0.15, 0.2) is 11.5 Å². The van der Waals surface area contributed by atoms with Crippen molar-refractivity contribution in [1.29, 1.82) is 0 Å². The molecule has 0 aromatic heterocycles. The summed E-state index contributed by atoms with van der Waals surface area (Å²) in [5.74, 6) is 0.131. The molecule has 1 N–H and O–H groups in total. The van der Waals surface area contributed by atoms with E-state index >= 15 is 0 Å². The van der Waals surface area contributed by atoms with Crippen molar-refractivity contribution in [3.63, 3.8) is 0 Å². The van der Waals surface area contributed by atoms with Crippen LogP contribution in [0.5, 0.6) is 11.5 Å². The first-order chi connectivity index (χ1) is 18.3. The Hall–Kier alpha value is -3.95. The molecule has 4 rings (SSSR count). The standard InChI is InChI=1S/C29H28N2O5S2/c1-35-26-18-23(29(32)30-24-16-10-11-17-28(24)37-22-14-8-5-9-15-22)25(19-27(26)36-2)31(38(3,33)34)20-21-12-6-4-7-13-21/h4-19H,20H2,1-3H3,(H,30,32). The zero-order valence-electron chi connectivity index (χ0n) is 21.2. The van der Waals surface area contributed by atoms with Crippen LogP contribution in [0.25, 0.3) is 0 Å². The van der Waals surface area contributed by atoms with Gasteiger partial charge in [0.2, 0.25) is 10.0 Å². The van der Waals surface area contributed by atoms with E-state index in [0.717, 1.165) is 21.6 Å². The van der Waals surface area contributed by atoms with E-state index in [1.54, 1.807) is 0 Å². The number of para-hydroxylation sites is 1. The average Bonchev–Trinajstić information content (AvgIpc) is 2.92. The lowest BCUT2D eigenvalue weighted by atomic mass is 10.1. The normalized spacial score (nSPS) is 11.0. The van der Waals surface area contributed by atoms with Crippen LogP contribution in [0.4, 0.5) is 11.4 Å². The number of anilines is 2. The van der Waals surface area contributed by atoms with E-state index in [4.69, 9.17) is 9.47 Å². The Bertz CT molecular complexity index is 1510. The third-order valence-electron chi connectivity index (χ3n) is 5.69. The zero-order chi connectivity index (χ0) is 27.1. The highest BCUT2D eigenvalue weighted by Gasteiger charge is 2.27. The minimum absolute atomic E-state index is 0.0376. The molecule has 9 heteroatoms. The molecular formula is C29H28N2O5S2. The Labute approximate surface area is 227 Å². The van der Waals surface area contributed by atoms with Gasteiger partial charge in [-0.25, -0.2) is 8.42 Å². The molecule has 0 heterocycles.